The van der Waals surface area contributed by atoms with Gasteiger partial charge in [-0.2, -0.15) is 0 Å². The summed E-state index contributed by atoms with van der Waals surface area (Å²) in [6.45, 7) is 13.7. The van der Waals surface area contributed by atoms with E-state index in [4.69, 9.17) is 18.9 Å². The Balaban J connectivity index is 1.10. The van der Waals surface area contributed by atoms with Gasteiger partial charge >= 0.3 is 11.9 Å². The summed E-state index contributed by atoms with van der Waals surface area (Å²) in [5.74, 6) is 4.84. The van der Waals surface area contributed by atoms with E-state index in [-0.39, 0.29) is 12.2 Å². The molecule has 2 fully saturated rings. The summed E-state index contributed by atoms with van der Waals surface area (Å²) >= 11 is 0. The molecule has 4 aromatic carbocycles. The van der Waals surface area contributed by atoms with Crippen molar-refractivity contribution in [3.05, 3.63) is 96.1 Å². The highest BCUT2D eigenvalue weighted by Crippen LogP contribution is 2.38. The summed E-state index contributed by atoms with van der Waals surface area (Å²) < 4.78 is 24.6. The average molecular weight is 677 g/mol. The molecule has 2 aliphatic rings. The first-order valence-corrected chi connectivity index (χ1v) is 18.5. The predicted molar refractivity (Wildman–Crippen MR) is 198 cm³/mol. The Morgan fingerprint density at radius 1 is 0.540 bits per heavy atom. The molecule has 4 aromatic rings. The number of fused-ring (bicyclic) bond motifs is 1. The molecule has 6 heteroatoms. The third-order valence-corrected chi connectivity index (χ3v) is 10.9. The van der Waals surface area contributed by atoms with E-state index < -0.39 is 11.9 Å². The van der Waals surface area contributed by atoms with E-state index in [9.17, 15) is 9.59 Å². The van der Waals surface area contributed by atoms with Gasteiger partial charge in [0.25, 0.3) is 0 Å². The van der Waals surface area contributed by atoms with Crippen LogP contribution in [0.2, 0.25) is 0 Å². The summed E-state index contributed by atoms with van der Waals surface area (Å²) in [5, 5.41) is 1.34. The smallest absolute Gasteiger partial charge is 0.343 e. The highest BCUT2D eigenvalue weighted by atomic mass is 16.5. The fourth-order valence-corrected chi connectivity index (χ4v) is 7.94. The lowest BCUT2D eigenvalue weighted by Crippen LogP contribution is -2.36. The number of carbonyl (C=O) groups excluding carboxylic acids is 2. The summed E-state index contributed by atoms with van der Waals surface area (Å²) in [4.78, 5) is 26.5. The fourth-order valence-electron chi connectivity index (χ4n) is 7.94. The topological polar surface area (TPSA) is 71.1 Å². The van der Waals surface area contributed by atoms with E-state index in [1.807, 2.05) is 36.4 Å². The molecule has 6 unspecified atom stereocenters. The normalized spacial score (nSPS) is 23.8. The Kier molecular flexibility index (Phi) is 11.2. The maximum Gasteiger partial charge on any atom is 0.343 e. The summed E-state index contributed by atoms with van der Waals surface area (Å²) in [6.07, 6.45) is 7.30. The number of carbonyl (C=O) groups is 2. The van der Waals surface area contributed by atoms with Crippen molar-refractivity contribution >= 4 is 22.7 Å². The lowest BCUT2D eigenvalue weighted by Gasteiger charge is -2.37. The van der Waals surface area contributed by atoms with Crippen LogP contribution in [-0.2, 0) is 0 Å². The van der Waals surface area contributed by atoms with Gasteiger partial charge in [0.1, 0.15) is 35.2 Å². The van der Waals surface area contributed by atoms with Gasteiger partial charge in [0.15, 0.2) is 0 Å². The van der Waals surface area contributed by atoms with Crippen LogP contribution in [0, 0.1) is 35.5 Å². The molecule has 0 N–H and O–H groups in total. The highest BCUT2D eigenvalue weighted by molar-refractivity contribution is 5.99. The third-order valence-electron chi connectivity index (χ3n) is 10.9. The Morgan fingerprint density at radius 3 is 1.28 bits per heavy atom. The Labute approximate surface area is 297 Å². The van der Waals surface area contributed by atoms with Crippen molar-refractivity contribution in [2.24, 2.45) is 35.5 Å². The van der Waals surface area contributed by atoms with Crippen LogP contribution >= 0.6 is 0 Å². The molecule has 0 saturated heterocycles. The van der Waals surface area contributed by atoms with Crippen LogP contribution in [0.3, 0.4) is 0 Å². The van der Waals surface area contributed by atoms with Gasteiger partial charge in [-0.3, -0.25) is 0 Å². The molecular formula is C44H52O6. The standard InChI is InChI=1S/C44H52O6/c1-27(2)35-23-13-29(5)25-41(35)47-33-19-15-31(16-20-33)43(45)49-39-11-7-10-38-37(39)9-8-12-40(38)50-44(46)32-17-21-34(22-18-32)48-42-26-30(6)14-24-36(42)28(3)4/h7-12,15-22,27-30,35-36,41-42H,13-14,23-26H2,1-6H3. The van der Waals surface area contributed by atoms with Gasteiger partial charge in [-0.05, 0) is 122 Å². The second kappa shape index (κ2) is 15.7. The van der Waals surface area contributed by atoms with Crippen LogP contribution in [0.15, 0.2) is 84.9 Å². The Hall–Kier alpha value is -4.32. The SMILES string of the molecule is CC1CCC(C(C)C)C(Oc2ccc(C(=O)Oc3cccc4c(OC(=O)c5ccc(OC6CC(C)CCC6C(C)C)cc5)cccc34)cc2)C1. The molecule has 50 heavy (non-hydrogen) atoms. The minimum Gasteiger partial charge on any atom is -0.490 e. The number of hydrogen-bond acceptors (Lipinski definition) is 6. The maximum absolute atomic E-state index is 13.3. The van der Waals surface area contributed by atoms with Gasteiger partial charge in [-0.15, -0.1) is 0 Å². The summed E-state index contributed by atoms with van der Waals surface area (Å²) in [5.41, 5.74) is 0.860. The number of hydrogen-bond donors (Lipinski definition) is 0. The van der Waals surface area contributed by atoms with E-state index in [1.165, 1.54) is 25.7 Å². The number of rotatable bonds is 10. The first kappa shape index (κ1) is 35.5. The van der Waals surface area contributed by atoms with Gasteiger partial charge in [-0.25, -0.2) is 9.59 Å². The van der Waals surface area contributed by atoms with Crippen molar-refractivity contribution < 1.29 is 28.5 Å². The molecule has 6 atom stereocenters. The monoisotopic (exact) mass is 676 g/mol. The van der Waals surface area contributed by atoms with E-state index in [0.29, 0.717) is 68.9 Å². The zero-order valence-electron chi connectivity index (χ0n) is 30.4. The minimum absolute atomic E-state index is 0.178. The van der Waals surface area contributed by atoms with Crippen LogP contribution in [0.5, 0.6) is 23.0 Å². The molecule has 2 aliphatic carbocycles. The van der Waals surface area contributed by atoms with E-state index in [2.05, 4.69) is 41.5 Å². The van der Waals surface area contributed by atoms with Gasteiger partial charge in [0, 0.05) is 10.8 Å². The van der Waals surface area contributed by atoms with Gasteiger partial charge in [0.2, 0.25) is 0 Å². The van der Waals surface area contributed by atoms with Crippen LogP contribution in [0.25, 0.3) is 10.8 Å². The second-order valence-corrected chi connectivity index (χ2v) is 15.4. The van der Waals surface area contributed by atoms with Crippen molar-refractivity contribution in [3.8, 4) is 23.0 Å². The van der Waals surface area contributed by atoms with Gasteiger partial charge < -0.3 is 18.9 Å². The molecule has 0 amide bonds. The van der Waals surface area contributed by atoms with Gasteiger partial charge in [0.05, 0.1) is 11.1 Å². The zero-order chi connectivity index (χ0) is 35.4. The van der Waals surface area contributed by atoms with Crippen molar-refractivity contribution in [2.75, 3.05) is 0 Å². The second-order valence-electron chi connectivity index (χ2n) is 15.4. The number of ether oxygens (including phenoxy) is 4. The van der Waals surface area contributed by atoms with Crippen molar-refractivity contribution in [3.63, 3.8) is 0 Å². The van der Waals surface area contributed by atoms with E-state index in [0.717, 1.165) is 24.3 Å². The molecule has 0 spiro atoms. The maximum atomic E-state index is 13.3. The quantitative estimate of drug-likeness (QED) is 0.123. The van der Waals surface area contributed by atoms with Crippen LogP contribution in [0.4, 0.5) is 0 Å². The minimum atomic E-state index is -0.470. The number of benzene rings is 4. The van der Waals surface area contributed by atoms with Crippen molar-refractivity contribution in [1.82, 2.24) is 0 Å². The summed E-state index contributed by atoms with van der Waals surface area (Å²) in [7, 11) is 0. The third kappa shape index (κ3) is 8.34. The van der Waals surface area contributed by atoms with Crippen molar-refractivity contribution in [2.45, 2.75) is 92.3 Å². The van der Waals surface area contributed by atoms with Crippen LogP contribution in [-0.4, -0.2) is 24.1 Å². The van der Waals surface area contributed by atoms with Crippen LogP contribution in [0.1, 0.15) is 101 Å². The molecule has 0 radical (unpaired) electrons. The lowest BCUT2D eigenvalue weighted by atomic mass is 9.75. The molecule has 0 aliphatic heterocycles. The molecule has 264 valence electrons. The van der Waals surface area contributed by atoms with Crippen molar-refractivity contribution in [1.29, 1.82) is 0 Å². The molecule has 6 nitrogen and oxygen atoms in total. The molecular weight excluding hydrogens is 624 g/mol. The predicted octanol–water partition coefficient (Wildman–Crippen LogP) is 11.0. The Morgan fingerprint density at radius 2 is 0.920 bits per heavy atom. The number of esters is 2. The molecule has 0 heterocycles. The fraction of sp³-hybridized carbons (Fsp3) is 0.455. The Bertz CT molecular complexity index is 1630. The summed E-state index contributed by atoms with van der Waals surface area (Å²) in [6, 6.07) is 25.2. The van der Waals surface area contributed by atoms with Gasteiger partial charge in [-0.1, -0.05) is 78.6 Å². The molecule has 0 bridgehead atoms. The molecule has 6 rings (SSSR count). The zero-order valence-corrected chi connectivity index (χ0v) is 30.4. The van der Waals surface area contributed by atoms with E-state index in [1.54, 1.807) is 48.5 Å². The molecule has 2 saturated carbocycles. The largest absolute Gasteiger partial charge is 0.490 e. The van der Waals surface area contributed by atoms with E-state index >= 15 is 0 Å². The average Bonchev–Trinajstić information content (AvgIpc) is 3.09. The lowest BCUT2D eigenvalue weighted by molar-refractivity contribution is 0.0458. The van der Waals surface area contributed by atoms with Crippen LogP contribution < -0.4 is 18.9 Å². The molecule has 0 aromatic heterocycles. The first-order valence-electron chi connectivity index (χ1n) is 18.5. The first-order chi connectivity index (χ1) is 24.0. The highest BCUT2D eigenvalue weighted by Gasteiger charge is 2.33.